The first-order valence-corrected chi connectivity index (χ1v) is 4.42. The van der Waals surface area contributed by atoms with Crippen LogP contribution >= 0.6 is 0 Å². The quantitative estimate of drug-likeness (QED) is 0.408. The number of halogens is 1. The summed E-state index contributed by atoms with van der Waals surface area (Å²) in [6.07, 6.45) is 0. The number of pyridine rings is 1. The van der Waals surface area contributed by atoms with E-state index in [2.05, 4.69) is 4.98 Å². The highest BCUT2D eigenvalue weighted by atomic mass is 19.1. The van der Waals surface area contributed by atoms with Crippen molar-refractivity contribution in [2.24, 2.45) is 0 Å². The predicted molar refractivity (Wildman–Crippen MR) is 59.8 cm³/mol. The molecule has 0 aromatic carbocycles. The van der Waals surface area contributed by atoms with Gasteiger partial charge in [-0.25, -0.2) is 4.40 Å². The summed E-state index contributed by atoms with van der Waals surface area (Å²) in [6.45, 7) is 1.43. The van der Waals surface area contributed by atoms with Gasteiger partial charge in [-0.1, -0.05) is 0 Å². The van der Waals surface area contributed by atoms with Crippen molar-refractivity contribution in [2.75, 3.05) is 0 Å². The van der Waals surface area contributed by atoms with E-state index in [9.17, 15) is 14.0 Å². The Bertz CT molecular complexity index is 705. The van der Waals surface area contributed by atoms with Crippen LogP contribution in [-0.2, 0) is 0 Å². The van der Waals surface area contributed by atoms with Gasteiger partial charge in [-0.2, -0.15) is 4.39 Å². The molecule has 2 rings (SSSR count). The monoisotopic (exact) mass is 214 g/mol. The summed E-state index contributed by atoms with van der Waals surface area (Å²) in [7, 11) is 10.7. The molecule has 0 aliphatic rings. The van der Waals surface area contributed by atoms with Crippen molar-refractivity contribution in [1.29, 1.82) is 0 Å². The zero-order valence-corrected chi connectivity index (χ0v) is 8.37. The number of hydrogen-bond donors (Lipinski definition) is 1. The zero-order valence-electron chi connectivity index (χ0n) is 8.37. The molecule has 7 heteroatoms. The van der Waals surface area contributed by atoms with Gasteiger partial charge in [-0.3, -0.25) is 9.59 Å². The average Bonchev–Trinajstić information content (AvgIpc) is 2.22. The summed E-state index contributed by atoms with van der Waals surface area (Å²) in [5.41, 5.74) is -1.70. The zero-order chi connectivity index (χ0) is 12.0. The average molecular weight is 214 g/mol. The molecule has 1 N–H and O–H groups in total. The highest BCUT2D eigenvalue weighted by Crippen LogP contribution is 1.99. The Labute approximate surface area is 91.9 Å². The van der Waals surface area contributed by atoms with Crippen molar-refractivity contribution >= 4 is 32.4 Å². The maximum absolute atomic E-state index is 13.6. The number of aromatic nitrogens is 2. The molecule has 0 unspecified atom stereocenters. The van der Waals surface area contributed by atoms with Gasteiger partial charge in [-0.15, -0.1) is 0 Å². The molecule has 0 atom stereocenters. The van der Waals surface area contributed by atoms with Crippen molar-refractivity contribution in [3.63, 3.8) is 0 Å². The summed E-state index contributed by atoms with van der Waals surface area (Å²) < 4.78 is 14.3. The summed E-state index contributed by atoms with van der Waals surface area (Å²) >= 11 is 0. The minimum Gasteiger partial charge on any atom is -0.354 e. The second-order valence-corrected chi connectivity index (χ2v) is 3.41. The Morgan fingerprint density at radius 3 is 2.62 bits per heavy atom. The Morgan fingerprint density at radius 1 is 1.38 bits per heavy atom. The standard InChI is InChI=1S/C9H5B2FN2O2/c1-3-7(16)6(11)8(12)14-5(15)2-4(10)13-9(3)14/h2,13H,1H3. The van der Waals surface area contributed by atoms with Crippen molar-refractivity contribution in [3.8, 4) is 0 Å². The van der Waals surface area contributed by atoms with Gasteiger partial charge in [0.1, 0.15) is 21.3 Å². The van der Waals surface area contributed by atoms with E-state index in [1.165, 1.54) is 6.92 Å². The highest BCUT2D eigenvalue weighted by Gasteiger charge is 2.13. The summed E-state index contributed by atoms with van der Waals surface area (Å²) in [4.78, 5) is 25.5. The van der Waals surface area contributed by atoms with Gasteiger partial charge in [0.15, 0.2) is 11.4 Å². The van der Waals surface area contributed by atoms with Crippen LogP contribution in [0.4, 0.5) is 4.39 Å². The lowest BCUT2D eigenvalue weighted by molar-refractivity contribution is 0.566. The predicted octanol–water partition coefficient (Wildman–Crippen LogP) is -1.98. The lowest BCUT2D eigenvalue weighted by Crippen LogP contribution is -2.38. The SMILES string of the molecule is [B]c1cc(=O)n2c(F)c([B])c(=O)c(C)c2[nH]1. The van der Waals surface area contributed by atoms with Crippen LogP contribution in [-0.4, -0.2) is 25.1 Å². The number of nitrogens with one attached hydrogen (secondary N) is 1. The molecule has 4 nitrogen and oxygen atoms in total. The fourth-order valence-corrected chi connectivity index (χ4v) is 1.52. The third kappa shape index (κ3) is 1.31. The molecule has 2 aromatic rings. The number of hydrogen-bond acceptors (Lipinski definition) is 2. The first-order valence-electron chi connectivity index (χ1n) is 4.42. The second kappa shape index (κ2) is 3.37. The van der Waals surface area contributed by atoms with E-state index in [4.69, 9.17) is 15.7 Å². The van der Waals surface area contributed by atoms with E-state index in [1.54, 1.807) is 0 Å². The first kappa shape index (κ1) is 10.7. The topological polar surface area (TPSA) is 54.3 Å². The van der Waals surface area contributed by atoms with Gasteiger partial charge in [0.25, 0.3) is 5.56 Å². The van der Waals surface area contributed by atoms with E-state index in [1.807, 2.05) is 0 Å². The van der Waals surface area contributed by atoms with E-state index in [0.29, 0.717) is 4.40 Å². The van der Waals surface area contributed by atoms with Gasteiger partial charge < -0.3 is 4.98 Å². The third-order valence-corrected chi connectivity index (χ3v) is 2.34. The summed E-state index contributed by atoms with van der Waals surface area (Å²) in [5.74, 6) is -1.08. The number of aryl methyl sites for hydroxylation is 1. The molecule has 0 saturated carbocycles. The second-order valence-electron chi connectivity index (χ2n) is 3.41. The summed E-state index contributed by atoms with van der Waals surface area (Å²) in [5, 5.41) is 0. The van der Waals surface area contributed by atoms with E-state index in [-0.39, 0.29) is 16.8 Å². The molecule has 0 aliphatic carbocycles. The van der Waals surface area contributed by atoms with E-state index in [0.717, 1.165) is 6.07 Å². The highest BCUT2D eigenvalue weighted by molar-refractivity contribution is 6.32. The maximum atomic E-state index is 13.6. The van der Waals surface area contributed by atoms with Gasteiger partial charge in [0.05, 0.1) is 0 Å². The number of fused-ring (bicyclic) bond motifs is 1. The molecule has 0 aliphatic heterocycles. The van der Waals surface area contributed by atoms with Crippen molar-refractivity contribution in [2.45, 2.75) is 6.92 Å². The smallest absolute Gasteiger partial charge is 0.259 e. The molecule has 0 amide bonds. The Balaban J connectivity index is 3.21. The molecule has 16 heavy (non-hydrogen) atoms. The largest absolute Gasteiger partial charge is 0.354 e. The van der Waals surface area contributed by atoms with Crippen LogP contribution < -0.4 is 22.0 Å². The van der Waals surface area contributed by atoms with Crippen molar-refractivity contribution in [1.82, 2.24) is 9.38 Å². The third-order valence-electron chi connectivity index (χ3n) is 2.34. The molecule has 0 fully saturated rings. The van der Waals surface area contributed by atoms with Crippen LogP contribution in [0.3, 0.4) is 0 Å². The van der Waals surface area contributed by atoms with Gasteiger partial charge in [-0.05, 0) is 12.5 Å². The minimum absolute atomic E-state index is 0.0155. The molecule has 0 spiro atoms. The number of nitrogens with zero attached hydrogens (tertiary/aromatic N) is 1. The molecular formula is C9H5B2FN2O2. The number of H-pyrrole nitrogens is 1. The molecule has 4 radical (unpaired) electrons. The van der Waals surface area contributed by atoms with Crippen molar-refractivity contribution in [3.05, 3.63) is 38.2 Å². The Hall–Kier alpha value is -1.78. The van der Waals surface area contributed by atoms with Crippen LogP contribution in [0.1, 0.15) is 5.56 Å². The number of rotatable bonds is 0. The normalized spacial score (nSPS) is 10.9. The molecular weight excluding hydrogens is 209 g/mol. The van der Waals surface area contributed by atoms with Crippen LogP contribution in [0.2, 0.25) is 0 Å². The molecule has 0 saturated heterocycles. The maximum Gasteiger partial charge on any atom is 0.259 e. The van der Waals surface area contributed by atoms with Gasteiger partial charge in [0.2, 0.25) is 0 Å². The molecule has 0 bridgehead atoms. The molecule has 76 valence electrons. The van der Waals surface area contributed by atoms with Crippen molar-refractivity contribution < 1.29 is 4.39 Å². The minimum atomic E-state index is -1.08. The molecule has 2 heterocycles. The lowest BCUT2D eigenvalue weighted by atomic mass is 9.95. The van der Waals surface area contributed by atoms with E-state index >= 15 is 0 Å². The van der Waals surface area contributed by atoms with E-state index < -0.39 is 22.4 Å². The van der Waals surface area contributed by atoms with Crippen LogP contribution in [0.15, 0.2) is 15.7 Å². The first-order chi connectivity index (χ1) is 7.43. The molecule has 2 aromatic heterocycles. The Morgan fingerprint density at radius 2 is 2.00 bits per heavy atom. The summed E-state index contributed by atoms with van der Waals surface area (Å²) in [6, 6.07) is 1.01. The van der Waals surface area contributed by atoms with Gasteiger partial charge in [0, 0.05) is 17.1 Å². The fraction of sp³-hybridized carbons (Fsp3) is 0.111. The Kier molecular flexibility index (Phi) is 2.26. The van der Waals surface area contributed by atoms with Crippen LogP contribution in [0.25, 0.3) is 5.65 Å². The van der Waals surface area contributed by atoms with Gasteiger partial charge >= 0.3 is 0 Å². The lowest BCUT2D eigenvalue weighted by Gasteiger charge is -2.08. The number of aromatic amines is 1. The van der Waals surface area contributed by atoms with Crippen LogP contribution in [0.5, 0.6) is 0 Å². The fourth-order valence-electron chi connectivity index (χ4n) is 1.52. The van der Waals surface area contributed by atoms with Crippen LogP contribution in [0, 0.1) is 12.9 Å².